The van der Waals surface area contributed by atoms with E-state index in [4.69, 9.17) is 15.0 Å². The first-order valence-corrected chi connectivity index (χ1v) is 23.1. The lowest BCUT2D eigenvalue weighted by Gasteiger charge is -2.24. The summed E-state index contributed by atoms with van der Waals surface area (Å²) >= 11 is 0. The lowest BCUT2D eigenvalue weighted by Crippen LogP contribution is -2.24. The monoisotopic (exact) mass is 870 g/mol. The summed E-state index contributed by atoms with van der Waals surface area (Å²) in [5.74, 6) is 1.79. The molecule has 68 heavy (non-hydrogen) atoms. The number of benzene rings is 7. The lowest BCUT2D eigenvalue weighted by atomic mass is 9.99. The third-order valence-electron chi connectivity index (χ3n) is 13.1. The first-order chi connectivity index (χ1) is 33.7. The van der Waals surface area contributed by atoms with Crippen LogP contribution < -0.4 is 5.32 Å². The molecule has 0 radical (unpaired) electrons. The van der Waals surface area contributed by atoms with Crippen molar-refractivity contribution in [2.45, 2.75) is 6.04 Å². The fourth-order valence-electron chi connectivity index (χ4n) is 9.93. The number of hydrogen-bond acceptors (Lipinski definition) is 4. The molecule has 1 atom stereocenters. The molecular weight excluding hydrogens is 829 g/mol. The van der Waals surface area contributed by atoms with Gasteiger partial charge in [-0.1, -0.05) is 176 Å². The number of allylic oxidation sites excluding steroid dienone is 2. The van der Waals surface area contributed by atoms with Crippen LogP contribution in [0.15, 0.2) is 243 Å². The van der Waals surface area contributed by atoms with Crippen LogP contribution in [0.1, 0.15) is 11.7 Å². The Kier molecular flexibility index (Phi) is 9.46. The van der Waals surface area contributed by atoms with Crippen LogP contribution in [-0.4, -0.2) is 24.1 Å². The molecule has 0 spiro atoms. The quantitative estimate of drug-likeness (QED) is 0.165. The third kappa shape index (κ3) is 6.86. The average Bonchev–Trinajstić information content (AvgIpc) is 3.93. The second kappa shape index (κ2) is 16.4. The van der Waals surface area contributed by atoms with Gasteiger partial charge in [-0.3, -0.25) is 14.1 Å². The molecule has 6 heterocycles. The molecule has 0 bridgehead atoms. The zero-order chi connectivity index (χ0) is 45.0. The van der Waals surface area contributed by atoms with Crippen LogP contribution in [0.25, 0.3) is 111 Å². The van der Waals surface area contributed by atoms with Crippen molar-refractivity contribution in [1.82, 2.24) is 29.4 Å². The Balaban J connectivity index is 0.960. The van der Waals surface area contributed by atoms with Gasteiger partial charge in [0.05, 0.1) is 56.6 Å². The van der Waals surface area contributed by atoms with E-state index in [-0.39, 0.29) is 6.04 Å². The molecule has 1 aliphatic rings. The molecular formula is C62H42N6. The fraction of sp³-hybridized carbons (Fsp3) is 0.0161. The molecule has 1 N–H and O–H groups in total. The number of hydrogen-bond donors (Lipinski definition) is 1. The topological polar surface area (TPSA) is 60.6 Å². The van der Waals surface area contributed by atoms with Crippen LogP contribution in [0.5, 0.6) is 0 Å². The van der Waals surface area contributed by atoms with Crippen LogP contribution in [0.2, 0.25) is 0 Å². The smallest absolute Gasteiger partial charge is 0.138 e. The highest BCUT2D eigenvalue weighted by molar-refractivity contribution is 6.19. The summed E-state index contributed by atoms with van der Waals surface area (Å²) in [5, 5.41) is 8.64. The maximum absolute atomic E-state index is 5.45. The maximum atomic E-state index is 5.45. The molecule has 0 aliphatic carbocycles. The Morgan fingerprint density at radius 1 is 0.338 bits per heavy atom. The number of nitrogens with one attached hydrogen (secondary N) is 1. The summed E-state index contributed by atoms with van der Waals surface area (Å²) in [5.41, 5.74) is 15.4. The Morgan fingerprint density at radius 3 is 1.49 bits per heavy atom. The SMILES string of the molecule is C1=CC(c2cc(-c3ccccc3)cc(-c3ccccc3)n2)NC(n2c3ccccc3c3cc4c5ccccc5n(-c5cccc(-c6cc(-c7ccccc7)cc(-c7ccccc7)n6)n5)c4cc32)=C1. The zero-order valence-electron chi connectivity index (χ0n) is 36.9. The highest BCUT2D eigenvalue weighted by atomic mass is 15.2. The summed E-state index contributed by atoms with van der Waals surface area (Å²) in [6.45, 7) is 0. The largest absolute Gasteiger partial charge is 0.359 e. The van der Waals surface area contributed by atoms with E-state index in [2.05, 4.69) is 245 Å². The Hall–Kier alpha value is -9.13. The maximum Gasteiger partial charge on any atom is 0.138 e. The molecule has 1 unspecified atom stereocenters. The Bertz CT molecular complexity index is 3810. The number of pyridine rings is 3. The molecule has 0 amide bonds. The minimum absolute atomic E-state index is 0.184. The molecule has 0 fully saturated rings. The molecule has 12 aromatic rings. The average molecular weight is 871 g/mol. The zero-order valence-corrected chi connectivity index (χ0v) is 36.9. The minimum atomic E-state index is -0.184. The molecule has 1 aliphatic heterocycles. The highest BCUT2D eigenvalue weighted by Crippen LogP contribution is 2.41. The van der Waals surface area contributed by atoms with Gasteiger partial charge >= 0.3 is 0 Å². The van der Waals surface area contributed by atoms with Gasteiger partial charge in [0.15, 0.2) is 0 Å². The number of rotatable bonds is 8. The van der Waals surface area contributed by atoms with E-state index < -0.39 is 0 Å². The summed E-state index contributed by atoms with van der Waals surface area (Å²) in [4.78, 5) is 16.0. The van der Waals surface area contributed by atoms with Crippen LogP contribution in [0.3, 0.4) is 0 Å². The second-order valence-electron chi connectivity index (χ2n) is 17.3. The van der Waals surface area contributed by atoms with Gasteiger partial charge in [0.1, 0.15) is 11.6 Å². The first-order valence-electron chi connectivity index (χ1n) is 23.1. The second-order valence-corrected chi connectivity index (χ2v) is 17.3. The molecule has 320 valence electrons. The fourth-order valence-corrected chi connectivity index (χ4v) is 9.93. The Labute approximate surface area is 393 Å². The Morgan fingerprint density at radius 2 is 0.853 bits per heavy atom. The molecule has 6 heteroatoms. The van der Waals surface area contributed by atoms with Gasteiger partial charge in [-0.25, -0.2) is 9.97 Å². The van der Waals surface area contributed by atoms with E-state index in [1.54, 1.807) is 0 Å². The van der Waals surface area contributed by atoms with Crippen LogP contribution >= 0.6 is 0 Å². The van der Waals surface area contributed by atoms with Gasteiger partial charge < -0.3 is 5.32 Å². The molecule has 0 saturated heterocycles. The number of para-hydroxylation sites is 2. The predicted molar refractivity (Wildman–Crippen MR) is 280 cm³/mol. The van der Waals surface area contributed by atoms with Crippen molar-refractivity contribution in [3.63, 3.8) is 0 Å². The van der Waals surface area contributed by atoms with E-state index in [0.717, 1.165) is 101 Å². The molecule has 13 rings (SSSR count). The lowest BCUT2D eigenvalue weighted by molar-refractivity contribution is 0.714. The van der Waals surface area contributed by atoms with Crippen molar-refractivity contribution in [3.8, 4) is 62.0 Å². The van der Waals surface area contributed by atoms with Crippen molar-refractivity contribution < 1.29 is 0 Å². The van der Waals surface area contributed by atoms with Gasteiger partial charge in [0.2, 0.25) is 0 Å². The van der Waals surface area contributed by atoms with Crippen LogP contribution in [0.4, 0.5) is 0 Å². The summed E-state index contributed by atoms with van der Waals surface area (Å²) in [6, 6.07) is 78.8. The van der Waals surface area contributed by atoms with Crippen molar-refractivity contribution in [3.05, 3.63) is 248 Å². The van der Waals surface area contributed by atoms with E-state index in [0.29, 0.717) is 0 Å². The van der Waals surface area contributed by atoms with Gasteiger partial charge in [-0.15, -0.1) is 0 Å². The molecule has 5 aromatic heterocycles. The summed E-state index contributed by atoms with van der Waals surface area (Å²) in [7, 11) is 0. The third-order valence-corrected chi connectivity index (χ3v) is 13.1. The van der Waals surface area contributed by atoms with Gasteiger partial charge in [0.25, 0.3) is 0 Å². The highest BCUT2D eigenvalue weighted by Gasteiger charge is 2.23. The normalized spacial score (nSPS) is 13.6. The van der Waals surface area contributed by atoms with Crippen molar-refractivity contribution in [1.29, 1.82) is 0 Å². The van der Waals surface area contributed by atoms with Crippen molar-refractivity contribution in [2.24, 2.45) is 0 Å². The number of dihydropyridines is 1. The van der Waals surface area contributed by atoms with E-state index in [9.17, 15) is 0 Å². The van der Waals surface area contributed by atoms with E-state index in [1.165, 1.54) is 16.2 Å². The first kappa shape index (κ1) is 39.3. The van der Waals surface area contributed by atoms with Crippen LogP contribution in [0, 0.1) is 0 Å². The van der Waals surface area contributed by atoms with E-state index in [1.807, 2.05) is 12.1 Å². The minimum Gasteiger partial charge on any atom is -0.359 e. The summed E-state index contributed by atoms with van der Waals surface area (Å²) < 4.78 is 4.68. The van der Waals surface area contributed by atoms with Gasteiger partial charge in [0, 0.05) is 32.7 Å². The van der Waals surface area contributed by atoms with Crippen LogP contribution in [-0.2, 0) is 0 Å². The number of nitrogens with zero attached hydrogens (tertiary/aromatic N) is 5. The van der Waals surface area contributed by atoms with Crippen molar-refractivity contribution in [2.75, 3.05) is 0 Å². The molecule has 0 saturated carbocycles. The molecule has 6 nitrogen and oxygen atoms in total. The van der Waals surface area contributed by atoms with Gasteiger partial charge in [-0.2, -0.15) is 0 Å². The number of fused-ring (bicyclic) bond motifs is 6. The number of aromatic nitrogens is 5. The van der Waals surface area contributed by atoms with E-state index >= 15 is 0 Å². The van der Waals surface area contributed by atoms with Crippen molar-refractivity contribution >= 4 is 49.4 Å². The molecule has 7 aromatic carbocycles. The summed E-state index contributed by atoms with van der Waals surface area (Å²) in [6.07, 6.45) is 6.53. The predicted octanol–water partition coefficient (Wildman–Crippen LogP) is 15.1. The van der Waals surface area contributed by atoms with Gasteiger partial charge in [-0.05, 0) is 89.0 Å². The standard InChI is InChI=1S/C62H42N6/c1-5-19-41(20-6-1)45-35-53(43-23-9-3-10-24-43)63-55(37-45)51-29-17-33-61(65-51)67-57-31-15-13-27-47(57)49-39-50-48-28-14-16-32-58(48)68(60(50)40-59(49)67)62-34-18-30-52(66-62)56-38-46(42-21-7-2-8-22-42)36-54(64-56)44-25-11-4-12-26-44/h1-40,51,65H.